The summed E-state index contributed by atoms with van der Waals surface area (Å²) < 4.78 is 28.1. The van der Waals surface area contributed by atoms with Gasteiger partial charge in [-0.25, -0.2) is 8.78 Å². The van der Waals surface area contributed by atoms with Gasteiger partial charge in [0, 0.05) is 18.5 Å². The molecule has 0 spiro atoms. The molecule has 0 aliphatic heterocycles. The normalized spacial score (nSPS) is 15.2. The zero-order valence-electron chi connectivity index (χ0n) is 10.7. The minimum atomic E-state index is -0.514. The number of anilines is 1. The zero-order valence-corrected chi connectivity index (χ0v) is 11.5. The molecule has 1 aliphatic rings. The van der Waals surface area contributed by atoms with E-state index in [2.05, 4.69) is 0 Å². The molecule has 0 unspecified atom stereocenters. The van der Waals surface area contributed by atoms with Gasteiger partial charge in [-0.05, 0) is 50.3 Å². The van der Waals surface area contributed by atoms with Crippen LogP contribution in [-0.2, 0) is 5.88 Å². The lowest BCUT2D eigenvalue weighted by molar-refractivity contribution is 0.546. The van der Waals surface area contributed by atoms with E-state index in [-0.39, 0.29) is 17.6 Å². The summed E-state index contributed by atoms with van der Waals surface area (Å²) in [7, 11) is 0. The molecule has 0 N–H and O–H groups in total. The molecule has 1 fully saturated rings. The lowest BCUT2D eigenvalue weighted by Crippen LogP contribution is -2.34. The van der Waals surface area contributed by atoms with Crippen molar-refractivity contribution < 1.29 is 8.78 Å². The quantitative estimate of drug-likeness (QED) is 0.722. The fraction of sp³-hybridized carbons (Fsp3) is 0.571. The average Bonchev–Trinajstić information content (AvgIpc) is 3.10. The topological polar surface area (TPSA) is 3.24 Å². The van der Waals surface area contributed by atoms with E-state index in [4.69, 9.17) is 11.6 Å². The van der Waals surface area contributed by atoms with Crippen LogP contribution in [0.3, 0.4) is 0 Å². The molecule has 0 atom stereocenters. The van der Waals surface area contributed by atoms with Gasteiger partial charge in [-0.1, -0.05) is 0 Å². The average molecular weight is 274 g/mol. The maximum atomic E-state index is 14.0. The molecule has 0 aromatic heterocycles. The smallest absolute Gasteiger partial charge is 0.149 e. The fourth-order valence-electron chi connectivity index (χ4n) is 2.11. The van der Waals surface area contributed by atoms with E-state index in [9.17, 15) is 8.78 Å². The van der Waals surface area contributed by atoms with Gasteiger partial charge in [0.1, 0.15) is 17.3 Å². The SMILES string of the molecule is CC(C)N(CC1CC1)c1c(F)cc(CCl)cc1F. The molecule has 0 saturated heterocycles. The number of nitrogens with zero attached hydrogens (tertiary/aromatic N) is 1. The van der Waals surface area contributed by atoms with Crippen molar-refractivity contribution in [2.45, 2.75) is 38.6 Å². The summed E-state index contributed by atoms with van der Waals surface area (Å²) in [5.74, 6) is -0.322. The van der Waals surface area contributed by atoms with Crippen LogP contribution in [-0.4, -0.2) is 12.6 Å². The van der Waals surface area contributed by atoms with Gasteiger partial charge in [0.15, 0.2) is 0 Å². The highest BCUT2D eigenvalue weighted by Crippen LogP contribution is 2.34. The molecule has 0 heterocycles. The van der Waals surface area contributed by atoms with Crippen molar-refractivity contribution in [2.24, 2.45) is 5.92 Å². The van der Waals surface area contributed by atoms with Gasteiger partial charge in [0.05, 0.1) is 0 Å². The second-order valence-electron chi connectivity index (χ2n) is 5.23. The third kappa shape index (κ3) is 2.94. The van der Waals surface area contributed by atoms with Crippen LogP contribution in [0.15, 0.2) is 12.1 Å². The zero-order chi connectivity index (χ0) is 13.3. The first-order valence-electron chi connectivity index (χ1n) is 6.33. The molecule has 100 valence electrons. The summed E-state index contributed by atoms with van der Waals surface area (Å²) in [6.07, 6.45) is 2.32. The maximum Gasteiger partial charge on any atom is 0.149 e. The predicted octanol–water partition coefficient (Wildman–Crippen LogP) is 4.33. The molecule has 4 heteroatoms. The van der Waals surface area contributed by atoms with E-state index in [0.717, 1.165) is 19.4 Å². The Bertz CT molecular complexity index is 407. The van der Waals surface area contributed by atoms with Crippen LogP contribution in [0, 0.1) is 17.6 Å². The molecular formula is C14H18ClF2N. The van der Waals surface area contributed by atoms with Gasteiger partial charge in [-0.3, -0.25) is 0 Å². The van der Waals surface area contributed by atoms with Crippen molar-refractivity contribution in [3.63, 3.8) is 0 Å². The molecule has 0 bridgehead atoms. The summed E-state index contributed by atoms with van der Waals surface area (Å²) in [6, 6.07) is 2.73. The van der Waals surface area contributed by atoms with Gasteiger partial charge >= 0.3 is 0 Å². The molecule has 1 aromatic carbocycles. The Morgan fingerprint density at radius 2 is 1.83 bits per heavy atom. The minimum Gasteiger partial charge on any atom is -0.364 e. The van der Waals surface area contributed by atoms with Crippen molar-refractivity contribution in [1.29, 1.82) is 0 Å². The summed E-state index contributed by atoms with van der Waals surface area (Å²) in [5.41, 5.74) is 0.566. The molecule has 1 saturated carbocycles. The fourth-order valence-corrected chi connectivity index (χ4v) is 2.26. The highest BCUT2D eigenvalue weighted by atomic mass is 35.5. The summed E-state index contributed by atoms with van der Waals surface area (Å²) in [4.78, 5) is 1.82. The second-order valence-corrected chi connectivity index (χ2v) is 5.50. The van der Waals surface area contributed by atoms with Crippen molar-refractivity contribution >= 4 is 17.3 Å². The van der Waals surface area contributed by atoms with Gasteiger partial charge in [-0.15, -0.1) is 11.6 Å². The van der Waals surface area contributed by atoms with Crippen LogP contribution in [0.4, 0.5) is 14.5 Å². The van der Waals surface area contributed by atoms with E-state index >= 15 is 0 Å². The van der Waals surface area contributed by atoms with Crippen molar-refractivity contribution in [3.8, 4) is 0 Å². The second kappa shape index (κ2) is 5.43. The molecule has 0 amide bonds. The standard InChI is InChI=1S/C14H18ClF2N/c1-9(2)18(8-10-3-4-10)14-12(16)5-11(7-15)6-13(14)17/h5-6,9-10H,3-4,7-8H2,1-2H3. The number of hydrogen-bond acceptors (Lipinski definition) is 1. The first-order valence-corrected chi connectivity index (χ1v) is 6.87. The monoisotopic (exact) mass is 273 g/mol. The van der Waals surface area contributed by atoms with Crippen molar-refractivity contribution in [2.75, 3.05) is 11.4 Å². The van der Waals surface area contributed by atoms with Crippen LogP contribution in [0.25, 0.3) is 0 Å². The van der Waals surface area contributed by atoms with E-state index < -0.39 is 11.6 Å². The van der Waals surface area contributed by atoms with Gasteiger partial charge in [0.2, 0.25) is 0 Å². The summed E-state index contributed by atoms with van der Waals surface area (Å²) >= 11 is 5.61. The summed E-state index contributed by atoms with van der Waals surface area (Å²) in [5, 5.41) is 0. The van der Waals surface area contributed by atoms with Crippen LogP contribution < -0.4 is 4.90 Å². The lowest BCUT2D eigenvalue weighted by atomic mass is 10.1. The van der Waals surface area contributed by atoms with Gasteiger partial charge in [-0.2, -0.15) is 0 Å². The van der Waals surface area contributed by atoms with E-state index in [1.807, 2.05) is 18.7 Å². The molecule has 18 heavy (non-hydrogen) atoms. The molecular weight excluding hydrogens is 256 g/mol. The Kier molecular flexibility index (Phi) is 4.10. The third-order valence-corrected chi connectivity index (χ3v) is 3.60. The number of alkyl halides is 1. The number of benzene rings is 1. The van der Waals surface area contributed by atoms with Crippen molar-refractivity contribution in [3.05, 3.63) is 29.3 Å². The predicted molar refractivity (Wildman–Crippen MR) is 71.1 cm³/mol. The molecule has 1 aromatic rings. The highest BCUT2D eigenvalue weighted by molar-refractivity contribution is 6.17. The van der Waals surface area contributed by atoms with E-state index in [1.54, 1.807) is 0 Å². The third-order valence-electron chi connectivity index (χ3n) is 3.29. The number of rotatable bonds is 5. The van der Waals surface area contributed by atoms with Crippen LogP contribution in [0.2, 0.25) is 0 Å². The minimum absolute atomic E-state index is 0.0800. The molecule has 2 rings (SSSR count). The lowest BCUT2D eigenvalue weighted by Gasteiger charge is -2.30. The maximum absolute atomic E-state index is 14.0. The molecule has 1 nitrogen and oxygen atoms in total. The molecule has 0 radical (unpaired) electrons. The Morgan fingerprint density at radius 3 is 2.22 bits per heavy atom. The highest BCUT2D eigenvalue weighted by Gasteiger charge is 2.28. The van der Waals surface area contributed by atoms with Gasteiger partial charge in [0.25, 0.3) is 0 Å². The van der Waals surface area contributed by atoms with Gasteiger partial charge < -0.3 is 4.90 Å². The Hall–Kier alpha value is -0.830. The Morgan fingerprint density at radius 1 is 1.28 bits per heavy atom. The Balaban J connectivity index is 2.33. The van der Waals surface area contributed by atoms with E-state index in [0.29, 0.717) is 11.5 Å². The largest absolute Gasteiger partial charge is 0.364 e. The number of halogens is 3. The first kappa shape index (κ1) is 13.6. The number of hydrogen-bond donors (Lipinski definition) is 0. The van der Waals surface area contributed by atoms with Crippen LogP contribution in [0.1, 0.15) is 32.3 Å². The van der Waals surface area contributed by atoms with E-state index in [1.165, 1.54) is 12.1 Å². The Labute approximate surface area is 112 Å². The first-order chi connectivity index (χ1) is 8.52. The van der Waals surface area contributed by atoms with Crippen molar-refractivity contribution in [1.82, 2.24) is 0 Å². The van der Waals surface area contributed by atoms with Crippen LogP contribution >= 0.6 is 11.6 Å². The summed E-state index contributed by atoms with van der Waals surface area (Å²) in [6.45, 7) is 4.64. The van der Waals surface area contributed by atoms with Crippen LogP contribution in [0.5, 0.6) is 0 Å². The molecule has 1 aliphatic carbocycles.